The summed E-state index contributed by atoms with van der Waals surface area (Å²) in [5.74, 6) is -0.581. The fourth-order valence-corrected chi connectivity index (χ4v) is 3.28. The van der Waals surface area contributed by atoms with E-state index in [-0.39, 0.29) is 11.3 Å². The van der Waals surface area contributed by atoms with Gasteiger partial charge in [0.25, 0.3) is 15.7 Å². The van der Waals surface area contributed by atoms with Crippen LogP contribution >= 0.6 is 11.6 Å². The van der Waals surface area contributed by atoms with Crippen molar-refractivity contribution in [2.75, 3.05) is 5.32 Å². The standard InChI is InChI=1S/C18H11ClF3N3O3S/c19-14-2-1-9-23-16(14)15-8-3-11(10-24-15)17(26)25-12-4-6-13(7-5-12)29(27,28)18(20,21)22/h1-10H,(H,25,26). The van der Waals surface area contributed by atoms with Crippen molar-refractivity contribution in [3.05, 3.63) is 71.5 Å². The Bertz CT molecular complexity index is 1150. The van der Waals surface area contributed by atoms with Crippen LogP contribution in [0.15, 0.2) is 65.8 Å². The summed E-state index contributed by atoms with van der Waals surface area (Å²) >= 11 is 6.05. The number of carbonyl (C=O) groups is 1. The van der Waals surface area contributed by atoms with Gasteiger partial charge in [-0.1, -0.05) is 11.6 Å². The summed E-state index contributed by atoms with van der Waals surface area (Å²) in [6.07, 6.45) is 2.84. The molecule has 2 heterocycles. The molecule has 1 N–H and O–H groups in total. The van der Waals surface area contributed by atoms with Crippen LogP contribution in [0.5, 0.6) is 0 Å². The fraction of sp³-hybridized carbons (Fsp3) is 0.0556. The lowest BCUT2D eigenvalue weighted by Gasteiger charge is -2.09. The number of carbonyl (C=O) groups excluding carboxylic acids is 1. The fourth-order valence-electron chi connectivity index (χ4n) is 2.30. The first-order valence-corrected chi connectivity index (χ1v) is 9.75. The second-order valence-corrected chi connectivity index (χ2v) is 8.04. The molecule has 2 aromatic heterocycles. The van der Waals surface area contributed by atoms with Gasteiger partial charge in [-0.2, -0.15) is 13.2 Å². The zero-order valence-corrected chi connectivity index (χ0v) is 15.9. The van der Waals surface area contributed by atoms with Crippen LogP contribution in [-0.2, 0) is 9.84 Å². The van der Waals surface area contributed by atoms with Gasteiger partial charge in [-0.05, 0) is 48.5 Å². The highest BCUT2D eigenvalue weighted by molar-refractivity contribution is 7.92. The number of halogens is 4. The number of hydrogen-bond donors (Lipinski definition) is 1. The first kappa shape index (κ1) is 20.7. The Balaban J connectivity index is 1.75. The van der Waals surface area contributed by atoms with Gasteiger partial charge in [-0.25, -0.2) is 8.42 Å². The molecule has 0 bridgehead atoms. The van der Waals surface area contributed by atoms with Gasteiger partial charge >= 0.3 is 5.51 Å². The molecule has 0 aliphatic rings. The van der Waals surface area contributed by atoms with Gasteiger partial charge in [0, 0.05) is 18.1 Å². The number of sulfone groups is 1. The van der Waals surface area contributed by atoms with Crippen LogP contribution in [0, 0.1) is 0 Å². The van der Waals surface area contributed by atoms with Crippen molar-refractivity contribution in [2.45, 2.75) is 10.4 Å². The third kappa shape index (κ3) is 4.38. The molecule has 150 valence electrons. The van der Waals surface area contributed by atoms with Crippen LogP contribution in [-0.4, -0.2) is 29.8 Å². The maximum absolute atomic E-state index is 12.6. The van der Waals surface area contributed by atoms with Crippen LogP contribution < -0.4 is 5.32 Å². The number of anilines is 1. The van der Waals surface area contributed by atoms with Crippen molar-refractivity contribution in [1.29, 1.82) is 0 Å². The summed E-state index contributed by atoms with van der Waals surface area (Å²) in [7, 11) is -5.45. The molecule has 3 aromatic rings. The molecule has 3 rings (SSSR count). The van der Waals surface area contributed by atoms with Gasteiger partial charge in [0.15, 0.2) is 0 Å². The number of amides is 1. The lowest BCUT2D eigenvalue weighted by atomic mass is 10.2. The van der Waals surface area contributed by atoms with E-state index < -0.39 is 26.1 Å². The lowest BCUT2D eigenvalue weighted by Crippen LogP contribution is -2.23. The van der Waals surface area contributed by atoms with Crippen molar-refractivity contribution < 1.29 is 26.4 Å². The van der Waals surface area contributed by atoms with Gasteiger partial charge in [0.1, 0.15) is 5.69 Å². The maximum Gasteiger partial charge on any atom is 0.501 e. The highest BCUT2D eigenvalue weighted by Crippen LogP contribution is 2.30. The summed E-state index contributed by atoms with van der Waals surface area (Å²) < 4.78 is 60.4. The van der Waals surface area contributed by atoms with E-state index >= 15 is 0 Å². The SMILES string of the molecule is O=C(Nc1ccc(S(=O)(=O)C(F)(F)F)cc1)c1ccc(-c2ncccc2Cl)nc1. The first-order chi connectivity index (χ1) is 13.6. The predicted molar refractivity (Wildman–Crippen MR) is 100 cm³/mol. The number of rotatable bonds is 4. The van der Waals surface area contributed by atoms with Gasteiger partial charge in [-0.3, -0.25) is 14.8 Å². The van der Waals surface area contributed by atoms with Crippen molar-refractivity contribution >= 4 is 33.0 Å². The van der Waals surface area contributed by atoms with Crippen LogP contribution in [0.4, 0.5) is 18.9 Å². The highest BCUT2D eigenvalue weighted by Gasteiger charge is 2.46. The van der Waals surface area contributed by atoms with Crippen LogP contribution in [0.1, 0.15) is 10.4 Å². The average molecular weight is 442 g/mol. The largest absolute Gasteiger partial charge is 0.501 e. The molecule has 0 saturated carbocycles. The maximum atomic E-state index is 12.6. The van der Waals surface area contributed by atoms with E-state index in [2.05, 4.69) is 15.3 Å². The molecular weight excluding hydrogens is 431 g/mol. The summed E-state index contributed by atoms with van der Waals surface area (Å²) in [6.45, 7) is 0. The molecule has 0 spiro atoms. The molecule has 0 saturated heterocycles. The molecular formula is C18H11ClF3N3O3S. The molecule has 1 aromatic carbocycles. The van der Waals surface area contributed by atoms with Crippen LogP contribution in [0.3, 0.4) is 0 Å². The minimum atomic E-state index is -5.45. The highest BCUT2D eigenvalue weighted by atomic mass is 35.5. The van der Waals surface area contributed by atoms with E-state index in [1.807, 2.05) is 0 Å². The van der Waals surface area contributed by atoms with Crippen molar-refractivity contribution in [1.82, 2.24) is 9.97 Å². The molecule has 0 unspecified atom stereocenters. The molecule has 29 heavy (non-hydrogen) atoms. The molecule has 0 atom stereocenters. The molecule has 1 amide bonds. The van der Waals surface area contributed by atoms with E-state index in [1.165, 1.54) is 12.3 Å². The molecule has 11 heteroatoms. The van der Waals surface area contributed by atoms with Gasteiger partial charge in [-0.15, -0.1) is 0 Å². The van der Waals surface area contributed by atoms with Gasteiger partial charge < -0.3 is 5.32 Å². The van der Waals surface area contributed by atoms with Crippen molar-refractivity contribution in [3.63, 3.8) is 0 Å². The Hall–Kier alpha value is -2.98. The third-order valence-corrected chi connectivity index (χ3v) is 5.56. The van der Waals surface area contributed by atoms with E-state index in [9.17, 15) is 26.4 Å². The van der Waals surface area contributed by atoms with E-state index in [4.69, 9.17) is 11.6 Å². The number of hydrogen-bond acceptors (Lipinski definition) is 5. The Morgan fingerprint density at radius 2 is 1.69 bits per heavy atom. The topological polar surface area (TPSA) is 89.0 Å². The number of alkyl halides is 3. The van der Waals surface area contributed by atoms with Gasteiger partial charge in [0.05, 0.1) is 21.2 Å². The zero-order valence-electron chi connectivity index (χ0n) is 14.3. The second kappa shape index (κ2) is 7.80. The molecule has 0 radical (unpaired) electrons. The number of benzene rings is 1. The van der Waals surface area contributed by atoms with E-state index in [1.54, 1.807) is 24.4 Å². The van der Waals surface area contributed by atoms with Gasteiger partial charge in [0.2, 0.25) is 0 Å². The number of pyridine rings is 2. The average Bonchev–Trinajstić information content (AvgIpc) is 2.68. The molecule has 0 aliphatic heterocycles. The predicted octanol–water partition coefficient (Wildman–Crippen LogP) is 4.34. The summed E-state index contributed by atoms with van der Waals surface area (Å²) in [5.41, 5.74) is -4.21. The van der Waals surface area contributed by atoms with E-state index in [0.717, 1.165) is 24.3 Å². The Morgan fingerprint density at radius 1 is 1.00 bits per heavy atom. The zero-order chi connectivity index (χ0) is 21.2. The molecule has 0 fully saturated rings. The Morgan fingerprint density at radius 3 is 2.24 bits per heavy atom. The number of nitrogens with zero attached hydrogens (tertiary/aromatic N) is 2. The number of nitrogens with one attached hydrogen (secondary N) is 1. The molecule has 0 aliphatic carbocycles. The minimum absolute atomic E-state index is 0.118. The Kier molecular flexibility index (Phi) is 5.58. The smallest absolute Gasteiger partial charge is 0.322 e. The third-order valence-electron chi connectivity index (χ3n) is 3.75. The lowest BCUT2D eigenvalue weighted by molar-refractivity contribution is -0.0436. The minimum Gasteiger partial charge on any atom is -0.322 e. The van der Waals surface area contributed by atoms with Crippen molar-refractivity contribution in [3.8, 4) is 11.4 Å². The number of aromatic nitrogens is 2. The van der Waals surface area contributed by atoms with E-state index in [0.29, 0.717) is 16.4 Å². The first-order valence-electron chi connectivity index (χ1n) is 7.89. The normalized spacial score (nSPS) is 11.9. The monoisotopic (exact) mass is 441 g/mol. The molecule has 6 nitrogen and oxygen atoms in total. The van der Waals surface area contributed by atoms with Crippen LogP contribution in [0.25, 0.3) is 11.4 Å². The Labute approximate surface area is 168 Å². The van der Waals surface area contributed by atoms with Crippen LogP contribution in [0.2, 0.25) is 5.02 Å². The second-order valence-electron chi connectivity index (χ2n) is 5.69. The summed E-state index contributed by atoms with van der Waals surface area (Å²) in [4.78, 5) is 19.6. The summed E-state index contributed by atoms with van der Waals surface area (Å²) in [6, 6.07) is 9.99. The van der Waals surface area contributed by atoms with Crippen molar-refractivity contribution in [2.24, 2.45) is 0 Å². The summed E-state index contributed by atoms with van der Waals surface area (Å²) in [5, 5.41) is 2.84. The quantitative estimate of drug-likeness (QED) is 0.650.